The molecule has 0 bridgehead atoms. The van der Waals surface area contributed by atoms with Crippen LogP contribution in [0.15, 0.2) is 0 Å². The average Bonchev–Trinajstić information content (AvgIpc) is 2.67. The Morgan fingerprint density at radius 3 is 2.43 bits per heavy atom. The molecule has 6 heteroatoms. The molecule has 1 aliphatic heterocycles. The van der Waals surface area contributed by atoms with Crippen LogP contribution < -0.4 is 10.6 Å². The zero-order chi connectivity index (χ0) is 17.7. The van der Waals surface area contributed by atoms with E-state index in [4.69, 9.17) is 0 Å². The number of imide groups is 1. The van der Waals surface area contributed by atoms with Crippen LogP contribution in [0.5, 0.6) is 0 Å². The first-order chi connectivity index (χ1) is 10.6. The molecule has 6 nitrogen and oxygen atoms in total. The highest BCUT2D eigenvalue weighted by atomic mass is 16.2. The Morgan fingerprint density at radius 1 is 1.22 bits per heavy atom. The van der Waals surface area contributed by atoms with E-state index in [0.717, 1.165) is 37.0 Å². The number of nitrogens with zero attached hydrogens (tertiary/aromatic N) is 1. The lowest BCUT2D eigenvalue weighted by Gasteiger charge is -2.26. The maximum atomic E-state index is 12.5. The van der Waals surface area contributed by atoms with Crippen molar-refractivity contribution in [3.05, 3.63) is 0 Å². The summed E-state index contributed by atoms with van der Waals surface area (Å²) in [6.07, 6.45) is 5.55. The topological polar surface area (TPSA) is 78.5 Å². The van der Waals surface area contributed by atoms with Gasteiger partial charge in [-0.1, -0.05) is 39.5 Å². The van der Waals surface area contributed by atoms with Gasteiger partial charge in [0.25, 0.3) is 5.91 Å². The van der Waals surface area contributed by atoms with Crippen molar-refractivity contribution in [2.45, 2.75) is 84.2 Å². The lowest BCUT2D eigenvalue weighted by atomic mass is 9.94. The lowest BCUT2D eigenvalue weighted by molar-refractivity contribution is -0.135. The molecule has 1 rings (SSSR count). The van der Waals surface area contributed by atoms with Gasteiger partial charge in [0.2, 0.25) is 5.91 Å². The van der Waals surface area contributed by atoms with E-state index in [1.165, 1.54) is 0 Å². The van der Waals surface area contributed by atoms with E-state index in [2.05, 4.69) is 17.6 Å². The third-order valence-electron chi connectivity index (χ3n) is 4.54. The minimum Gasteiger partial charge on any atom is -0.350 e. The minimum absolute atomic E-state index is 0.224. The fourth-order valence-electron chi connectivity index (χ4n) is 2.61. The number of carbonyl (C=O) groups excluding carboxylic acids is 3. The van der Waals surface area contributed by atoms with Crippen molar-refractivity contribution >= 4 is 17.8 Å². The molecular weight excluding hydrogens is 294 g/mol. The summed E-state index contributed by atoms with van der Waals surface area (Å²) >= 11 is 0. The first-order valence-corrected chi connectivity index (χ1v) is 8.60. The van der Waals surface area contributed by atoms with Crippen LogP contribution >= 0.6 is 0 Å². The van der Waals surface area contributed by atoms with Crippen molar-refractivity contribution in [2.24, 2.45) is 0 Å². The van der Waals surface area contributed by atoms with Gasteiger partial charge in [0.1, 0.15) is 12.1 Å². The van der Waals surface area contributed by atoms with Crippen LogP contribution in [0.4, 0.5) is 4.79 Å². The first kappa shape index (κ1) is 19.5. The van der Waals surface area contributed by atoms with E-state index in [0.29, 0.717) is 6.42 Å². The summed E-state index contributed by atoms with van der Waals surface area (Å²) in [6.45, 7) is 9.44. The summed E-state index contributed by atoms with van der Waals surface area (Å²) in [6, 6.07) is -0.475. The van der Waals surface area contributed by atoms with Crippen LogP contribution in [0.25, 0.3) is 0 Å². The van der Waals surface area contributed by atoms with Gasteiger partial charge in [0, 0.05) is 5.54 Å². The normalized spacial score (nSPS) is 21.5. The Balaban J connectivity index is 2.62. The molecule has 1 fully saturated rings. The Labute approximate surface area is 139 Å². The van der Waals surface area contributed by atoms with Gasteiger partial charge in [-0.25, -0.2) is 4.79 Å². The van der Waals surface area contributed by atoms with Gasteiger partial charge in [0.05, 0.1) is 0 Å². The van der Waals surface area contributed by atoms with Gasteiger partial charge >= 0.3 is 6.03 Å². The number of rotatable bonds is 9. The molecule has 0 spiro atoms. The molecule has 23 heavy (non-hydrogen) atoms. The second kappa shape index (κ2) is 7.79. The first-order valence-electron chi connectivity index (χ1n) is 8.60. The van der Waals surface area contributed by atoms with Crippen LogP contribution in [-0.4, -0.2) is 40.4 Å². The number of urea groups is 1. The van der Waals surface area contributed by atoms with Crippen molar-refractivity contribution in [2.75, 3.05) is 6.54 Å². The van der Waals surface area contributed by atoms with E-state index < -0.39 is 11.6 Å². The van der Waals surface area contributed by atoms with Crippen molar-refractivity contribution in [1.29, 1.82) is 0 Å². The molecule has 1 unspecified atom stereocenters. The molecular formula is C17H31N3O3. The quantitative estimate of drug-likeness (QED) is 0.505. The lowest BCUT2D eigenvalue weighted by Crippen LogP contribution is -2.49. The summed E-state index contributed by atoms with van der Waals surface area (Å²) in [5, 5.41) is 5.60. The van der Waals surface area contributed by atoms with Crippen molar-refractivity contribution in [3.63, 3.8) is 0 Å². The molecule has 0 aliphatic carbocycles. The molecule has 1 atom stereocenters. The van der Waals surface area contributed by atoms with Crippen LogP contribution in [0.2, 0.25) is 0 Å². The smallest absolute Gasteiger partial charge is 0.325 e. The summed E-state index contributed by atoms with van der Waals surface area (Å²) in [5.41, 5.74) is -1.23. The third kappa shape index (κ3) is 5.22. The number of nitrogens with one attached hydrogen (secondary N) is 2. The standard InChI is InChI=1S/C17H31N3O3/c1-6-8-9-10-11-17(5)14(22)20(15(23)19-17)12-13(21)18-16(3,4)7-2/h6-12H2,1-5H3,(H,18,21)(H,19,23). The third-order valence-corrected chi connectivity index (χ3v) is 4.54. The highest BCUT2D eigenvalue weighted by Crippen LogP contribution is 2.24. The molecule has 0 aromatic rings. The van der Waals surface area contributed by atoms with Crippen molar-refractivity contribution in [3.8, 4) is 0 Å². The molecule has 0 aromatic heterocycles. The zero-order valence-corrected chi connectivity index (χ0v) is 15.1. The Hall–Kier alpha value is -1.59. The largest absolute Gasteiger partial charge is 0.350 e. The number of unbranched alkanes of at least 4 members (excludes halogenated alkanes) is 3. The highest BCUT2D eigenvalue weighted by molar-refractivity contribution is 6.08. The van der Waals surface area contributed by atoms with Crippen LogP contribution in [-0.2, 0) is 9.59 Å². The Kier molecular flexibility index (Phi) is 6.59. The van der Waals surface area contributed by atoms with Crippen molar-refractivity contribution in [1.82, 2.24) is 15.5 Å². The summed E-state index contributed by atoms with van der Waals surface area (Å²) in [5.74, 6) is -0.612. The number of hydrogen-bond acceptors (Lipinski definition) is 3. The number of hydrogen-bond donors (Lipinski definition) is 2. The molecule has 0 aromatic carbocycles. The zero-order valence-electron chi connectivity index (χ0n) is 15.1. The van der Waals surface area contributed by atoms with E-state index in [1.54, 1.807) is 6.92 Å². The van der Waals surface area contributed by atoms with Gasteiger partial charge in [-0.15, -0.1) is 0 Å². The van der Waals surface area contributed by atoms with Gasteiger partial charge in [-0.05, 0) is 33.6 Å². The fourth-order valence-corrected chi connectivity index (χ4v) is 2.61. The van der Waals surface area contributed by atoms with Crippen LogP contribution in [0.3, 0.4) is 0 Å². The van der Waals surface area contributed by atoms with E-state index >= 15 is 0 Å². The molecule has 2 N–H and O–H groups in total. The molecule has 1 saturated heterocycles. The molecule has 4 amide bonds. The van der Waals surface area contributed by atoms with Gasteiger partial charge in [-0.2, -0.15) is 0 Å². The summed E-state index contributed by atoms with van der Waals surface area (Å²) < 4.78 is 0. The summed E-state index contributed by atoms with van der Waals surface area (Å²) in [7, 11) is 0. The molecule has 1 heterocycles. The minimum atomic E-state index is -0.884. The highest BCUT2D eigenvalue weighted by Gasteiger charge is 2.47. The van der Waals surface area contributed by atoms with Crippen LogP contribution in [0, 0.1) is 0 Å². The summed E-state index contributed by atoms with van der Waals surface area (Å²) in [4.78, 5) is 37.7. The van der Waals surface area contributed by atoms with Gasteiger partial charge in [-0.3, -0.25) is 14.5 Å². The number of amides is 4. The fraction of sp³-hybridized carbons (Fsp3) is 0.824. The van der Waals surface area contributed by atoms with E-state index in [9.17, 15) is 14.4 Å². The predicted molar refractivity (Wildman–Crippen MR) is 89.9 cm³/mol. The Morgan fingerprint density at radius 2 is 1.87 bits per heavy atom. The molecule has 1 aliphatic rings. The Bertz CT molecular complexity index is 462. The maximum absolute atomic E-state index is 12.5. The maximum Gasteiger partial charge on any atom is 0.325 e. The second-order valence-electron chi connectivity index (χ2n) is 7.25. The monoisotopic (exact) mass is 325 g/mol. The second-order valence-corrected chi connectivity index (χ2v) is 7.25. The SMILES string of the molecule is CCCCCCC1(C)NC(=O)N(CC(=O)NC(C)(C)CC)C1=O. The van der Waals surface area contributed by atoms with E-state index in [-0.39, 0.29) is 23.9 Å². The predicted octanol–water partition coefficient (Wildman–Crippen LogP) is 2.57. The molecule has 132 valence electrons. The van der Waals surface area contributed by atoms with E-state index in [1.807, 2.05) is 20.8 Å². The van der Waals surface area contributed by atoms with Gasteiger partial charge in [0.15, 0.2) is 0 Å². The molecule has 0 radical (unpaired) electrons. The number of carbonyl (C=O) groups is 3. The van der Waals surface area contributed by atoms with Crippen LogP contribution in [0.1, 0.15) is 73.1 Å². The average molecular weight is 325 g/mol. The van der Waals surface area contributed by atoms with Gasteiger partial charge < -0.3 is 10.6 Å². The molecule has 0 saturated carbocycles. The van der Waals surface area contributed by atoms with Crippen molar-refractivity contribution < 1.29 is 14.4 Å².